The molecule has 0 aliphatic carbocycles. The van der Waals surface area contributed by atoms with Crippen LogP contribution in [0.4, 0.5) is 5.69 Å². The molecule has 1 saturated heterocycles. The van der Waals surface area contributed by atoms with E-state index < -0.39 is 0 Å². The van der Waals surface area contributed by atoms with Crippen molar-refractivity contribution >= 4 is 11.6 Å². The first-order chi connectivity index (χ1) is 9.24. The highest BCUT2D eigenvalue weighted by molar-refractivity contribution is 5.94. The third-order valence-electron chi connectivity index (χ3n) is 3.24. The van der Waals surface area contributed by atoms with Crippen LogP contribution < -0.4 is 10.6 Å². The molecular formula is C13H14N4O2. The van der Waals surface area contributed by atoms with Crippen LogP contribution in [0, 0.1) is 12.8 Å². The average molecular weight is 258 g/mol. The van der Waals surface area contributed by atoms with E-state index in [0.29, 0.717) is 5.89 Å². The van der Waals surface area contributed by atoms with Crippen molar-refractivity contribution < 1.29 is 9.21 Å². The van der Waals surface area contributed by atoms with E-state index in [2.05, 4.69) is 20.8 Å². The summed E-state index contributed by atoms with van der Waals surface area (Å²) in [5.41, 5.74) is 2.63. The Morgan fingerprint density at radius 2 is 2.32 bits per heavy atom. The van der Waals surface area contributed by atoms with Crippen molar-refractivity contribution in [1.29, 1.82) is 0 Å². The van der Waals surface area contributed by atoms with Crippen molar-refractivity contribution in [2.75, 3.05) is 18.4 Å². The second-order valence-electron chi connectivity index (χ2n) is 4.62. The zero-order valence-corrected chi connectivity index (χ0v) is 10.5. The standard InChI is InChI=1S/C13H14N4O2/c1-8-4-9(13-17-15-7-19-13)2-3-11(8)16-12(18)10-5-14-6-10/h2-4,7,10,14H,5-6H2,1H3,(H,16,18). The summed E-state index contributed by atoms with van der Waals surface area (Å²) in [6.45, 7) is 3.45. The van der Waals surface area contributed by atoms with E-state index in [1.807, 2.05) is 25.1 Å². The van der Waals surface area contributed by atoms with E-state index in [1.54, 1.807) is 0 Å². The predicted molar refractivity (Wildman–Crippen MR) is 69.5 cm³/mol. The summed E-state index contributed by atoms with van der Waals surface area (Å²) in [5, 5.41) is 13.5. The SMILES string of the molecule is Cc1cc(-c2nnco2)ccc1NC(=O)C1CNC1. The Balaban J connectivity index is 1.78. The first kappa shape index (κ1) is 11.9. The maximum Gasteiger partial charge on any atom is 0.247 e. The molecule has 0 bridgehead atoms. The molecule has 1 amide bonds. The molecule has 0 saturated carbocycles. The first-order valence-corrected chi connectivity index (χ1v) is 6.13. The molecule has 2 heterocycles. The van der Waals surface area contributed by atoms with Gasteiger partial charge < -0.3 is 15.1 Å². The highest BCUT2D eigenvalue weighted by Crippen LogP contribution is 2.23. The van der Waals surface area contributed by atoms with Gasteiger partial charge >= 0.3 is 0 Å². The molecule has 6 heteroatoms. The number of benzene rings is 1. The number of anilines is 1. The van der Waals surface area contributed by atoms with E-state index in [4.69, 9.17) is 4.42 Å². The lowest BCUT2D eigenvalue weighted by Gasteiger charge is -2.26. The smallest absolute Gasteiger partial charge is 0.247 e. The molecular weight excluding hydrogens is 244 g/mol. The Hall–Kier alpha value is -2.21. The number of aromatic nitrogens is 2. The van der Waals surface area contributed by atoms with Gasteiger partial charge in [0.15, 0.2) is 0 Å². The molecule has 98 valence electrons. The Labute approximate surface area is 110 Å². The Morgan fingerprint density at radius 3 is 2.89 bits per heavy atom. The van der Waals surface area contributed by atoms with E-state index >= 15 is 0 Å². The number of nitrogens with zero attached hydrogens (tertiary/aromatic N) is 2. The van der Waals surface area contributed by atoms with E-state index in [1.165, 1.54) is 6.39 Å². The van der Waals surface area contributed by atoms with Gasteiger partial charge in [-0.1, -0.05) is 0 Å². The highest BCUT2D eigenvalue weighted by atomic mass is 16.4. The lowest BCUT2D eigenvalue weighted by atomic mass is 10.0. The minimum absolute atomic E-state index is 0.0624. The lowest BCUT2D eigenvalue weighted by Crippen LogP contribution is -2.48. The molecule has 0 radical (unpaired) electrons. The molecule has 6 nitrogen and oxygen atoms in total. The summed E-state index contributed by atoms with van der Waals surface area (Å²) in [5.74, 6) is 0.617. The molecule has 1 fully saturated rings. The van der Waals surface area contributed by atoms with Crippen molar-refractivity contribution in [2.24, 2.45) is 5.92 Å². The number of amides is 1. The molecule has 1 aliphatic rings. The second kappa shape index (κ2) is 4.81. The van der Waals surface area contributed by atoms with Crippen LogP contribution in [-0.2, 0) is 4.79 Å². The average Bonchev–Trinajstić information content (AvgIpc) is 2.83. The largest absolute Gasteiger partial charge is 0.423 e. The fourth-order valence-electron chi connectivity index (χ4n) is 1.94. The monoisotopic (exact) mass is 258 g/mol. The zero-order chi connectivity index (χ0) is 13.2. The Kier molecular flexibility index (Phi) is 3.00. The molecule has 3 rings (SSSR count). The molecule has 0 unspecified atom stereocenters. The number of nitrogens with one attached hydrogen (secondary N) is 2. The maximum absolute atomic E-state index is 11.9. The number of aryl methyl sites for hydroxylation is 1. The van der Waals surface area contributed by atoms with Crippen LogP contribution in [0.15, 0.2) is 29.0 Å². The topological polar surface area (TPSA) is 80.1 Å². The molecule has 2 N–H and O–H groups in total. The van der Waals surface area contributed by atoms with E-state index in [0.717, 1.165) is 29.9 Å². The minimum Gasteiger partial charge on any atom is -0.423 e. The van der Waals surface area contributed by atoms with Crippen LogP contribution >= 0.6 is 0 Å². The summed E-state index contributed by atoms with van der Waals surface area (Å²) in [7, 11) is 0. The molecule has 0 atom stereocenters. The second-order valence-corrected chi connectivity index (χ2v) is 4.62. The van der Waals surface area contributed by atoms with Gasteiger partial charge in [-0.05, 0) is 30.7 Å². The van der Waals surface area contributed by atoms with Crippen LogP contribution in [0.2, 0.25) is 0 Å². The summed E-state index contributed by atoms with van der Waals surface area (Å²) >= 11 is 0. The molecule has 2 aromatic rings. The van der Waals surface area contributed by atoms with Crippen molar-refractivity contribution in [2.45, 2.75) is 6.92 Å². The van der Waals surface area contributed by atoms with Gasteiger partial charge in [0.2, 0.25) is 18.2 Å². The van der Waals surface area contributed by atoms with Gasteiger partial charge in [0.1, 0.15) is 0 Å². The van der Waals surface area contributed by atoms with Crippen LogP contribution in [0.25, 0.3) is 11.5 Å². The predicted octanol–water partition coefficient (Wildman–Crippen LogP) is 1.20. The third-order valence-corrected chi connectivity index (χ3v) is 3.24. The van der Waals surface area contributed by atoms with Gasteiger partial charge in [0, 0.05) is 24.3 Å². The quantitative estimate of drug-likeness (QED) is 0.864. The van der Waals surface area contributed by atoms with Crippen molar-refractivity contribution in [3.63, 3.8) is 0 Å². The third kappa shape index (κ3) is 2.34. The number of hydrogen-bond acceptors (Lipinski definition) is 5. The van der Waals surface area contributed by atoms with Crippen LogP contribution in [0.5, 0.6) is 0 Å². The van der Waals surface area contributed by atoms with Crippen molar-refractivity contribution in [3.8, 4) is 11.5 Å². The van der Waals surface area contributed by atoms with Gasteiger partial charge in [-0.3, -0.25) is 4.79 Å². The molecule has 19 heavy (non-hydrogen) atoms. The Bertz CT molecular complexity index is 591. The zero-order valence-electron chi connectivity index (χ0n) is 10.5. The van der Waals surface area contributed by atoms with Crippen molar-refractivity contribution in [1.82, 2.24) is 15.5 Å². The van der Waals surface area contributed by atoms with Gasteiger partial charge in [0.05, 0.1) is 5.92 Å². The lowest BCUT2D eigenvalue weighted by molar-refractivity contribution is -0.121. The fourth-order valence-corrected chi connectivity index (χ4v) is 1.94. The van der Waals surface area contributed by atoms with Crippen LogP contribution in [-0.4, -0.2) is 29.2 Å². The fraction of sp³-hybridized carbons (Fsp3) is 0.308. The summed E-state index contributed by atoms with van der Waals surface area (Å²) in [4.78, 5) is 11.9. The maximum atomic E-state index is 11.9. The molecule has 0 spiro atoms. The van der Waals surface area contributed by atoms with Crippen LogP contribution in [0.1, 0.15) is 5.56 Å². The summed E-state index contributed by atoms with van der Waals surface area (Å²) in [6.07, 6.45) is 1.30. The van der Waals surface area contributed by atoms with Crippen LogP contribution in [0.3, 0.4) is 0 Å². The summed E-state index contributed by atoms with van der Waals surface area (Å²) in [6, 6.07) is 5.64. The Morgan fingerprint density at radius 1 is 1.47 bits per heavy atom. The first-order valence-electron chi connectivity index (χ1n) is 6.13. The van der Waals surface area contributed by atoms with Gasteiger partial charge in [-0.15, -0.1) is 10.2 Å². The van der Waals surface area contributed by atoms with Gasteiger partial charge in [0.25, 0.3) is 0 Å². The molecule has 1 aliphatic heterocycles. The number of hydrogen-bond donors (Lipinski definition) is 2. The normalized spacial score (nSPS) is 15.0. The number of carbonyl (C=O) groups excluding carboxylic acids is 1. The molecule has 1 aromatic heterocycles. The summed E-state index contributed by atoms with van der Waals surface area (Å²) < 4.78 is 5.14. The van der Waals surface area contributed by atoms with E-state index in [9.17, 15) is 4.79 Å². The van der Waals surface area contributed by atoms with Gasteiger partial charge in [-0.2, -0.15) is 0 Å². The van der Waals surface area contributed by atoms with Gasteiger partial charge in [-0.25, -0.2) is 0 Å². The van der Waals surface area contributed by atoms with Crippen molar-refractivity contribution in [3.05, 3.63) is 30.2 Å². The van der Waals surface area contributed by atoms with E-state index in [-0.39, 0.29) is 11.8 Å². The molecule has 1 aromatic carbocycles. The minimum atomic E-state index is 0.0624. The number of rotatable bonds is 3. The highest BCUT2D eigenvalue weighted by Gasteiger charge is 2.25. The number of carbonyl (C=O) groups is 1.